The molecule has 5 atom stereocenters. The van der Waals surface area contributed by atoms with Crippen molar-refractivity contribution in [2.75, 3.05) is 13.2 Å². The predicted molar refractivity (Wildman–Crippen MR) is 154 cm³/mol. The molecule has 0 aliphatic carbocycles. The number of carbonyl (C=O) groups is 4. The lowest BCUT2D eigenvalue weighted by atomic mass is 9.82. The Hall–Kier alpha value is -3.54. The van der Waals surface area contributed by atoms with Crippen molar-refractivity contribution in [3.8, 4) is 11.5 Å². The molecule has 238 valence electrons. The van der Waals surface area contributed by atoms with Crippen LogP contribution in [0.1, 0.15) is 98.0 Å². The molecule has 0 saturated carbocycles. The molecule has 4 unspecified atom stereocenters. The van der Waals surface area contributed by atoms with Gasteiger partial charge in [0.25, 0.3) is 0 Å². The number of hydrogen-bond donors (Lipinski definition) is 2. The maximum Gasteiger partial charge on any atom is 0.514 e. The number of unbranched alkanes of at least 4 members (excludes halogenated alkanes) is 2. The summed E-state index contributed by atoms with van der Waals surface area (Å²) in [5.74, 6) is -3.14. The topological polar surface area (TPSA) is 170 Å². The summed E-state index contributed by atoms with van der Waals surface area (Å²) in [4.78, 5) is 48.9. The Morgan fingerprint density at radius 2 is 1.36 bits per heavy atom. The van der Waals surface area contributed by atoms with Crippen LogP contribution in [0.2, 0.25) is 0 Å². The largest absolute Gasteiger partial charge is 0.514 e. The van der Waals surface area contributed by atoms with Gasteiger partial charge < -0.3 is 39.3 Å². The van der Waals surface area contributed by atoms with Crippen molar-refractivity contribution in [3.05, 3.63) is 23.8 Å². The van der Waals surface area contributed by atoms with Gasteiger partial charge in [0.2, 0.25) is 0 Å². The van der Waals surface area contributed by atoms with Crippen molar-refractivity contribution >= 4 is 24.4 Å². The first-order valence-electron chi connectivity index (χ1n) is 14.6. The second-order valence-electron chi connectivity index (χ2n) is 10.3. The Labute approximate surface area is 248 Å². The van der Waals surface area contributed by atoms with Crippen molar-refractivity contribution < 1.29 is 52.7 Å². The SMILES string of the molecule is CCCCCOC(=O)OCC(C)C(c1ccc(OC(=O)OC(C)CCC)c(OC(=O)OC(C)CCC)c1)[C@H](N)C(=O)O. The summed E-state index contributed by atoms with van der Waals surface area (Å²) < 4.78 is 31.5. The molecule has 12 heteroatoms. The minimum absolute atomic E-state index is 0.144. The van der Waals surface area contributed by atoms with Gasteiger partial charge in [0.1, 0.15) is 18.2 Å². The van der Waals surface area contributed by atoms with Crippen LogP contribution in [0, 0.1) is 5.92 Å². The van der Waals surface area contributed by atoms with Gasteiger partial charge in [0.05, 0.1) is 13.2 Å². The fourth-order valence-electron chi connectivity index (χ4n) is 4.28. The van der Waals surface area contributed by atoms with Crippen molar-refractivity contribution in [2.45, 2.75) is 111 Å². The lowest BCUT2D eigenvalue weighted by Gasteiger charge is -2.28. The zero-order chi connectivity index (χ0) is 31.7. The number of carboxylic acid groups (broad SMARTS) is 1. The molecule has 1 rings (SSSR count). The van der Waals surface area contributed by atoms with Crippen LogP contribution in [0.5, 0.6) is 11.5 Å². The molecule has 0 fully saturated rings. The molecule has 0 aliphatic heterocycles. The van der Waals surface area contributed by atoms with Crippen molar-refractivity contribution in [1.82, 2.24) is 0 Å². The van der Waals surface area contributed by atoms with E-state index >= 15 is 0 Å². The van der Waals surface area contributed by atoms with E-state index in [9.17, 15) is 24.3 Å². The molecule has 0 aromatic heterocycles. The minimum atomic E-state index is -1.42. The molecule has 0 radical (unpaired) electrons. The van der Waals surface area contributed by atoms with E-state index < -0.39 is 54.5 Å². The van der Waals surface area contributed by atoms with Gasteiger partial charge in [-0.1, -0.05) is 59.4 Å². The number of nitrogens with two attached hydrogens (primary N) is 1. The Balaban J connectivity index is 3.27. The fourth-order valence-corrected chi connectivity index (χ4v) is 4.28. The van der Waals surface area contributed by atoms with Gasteiger partial charge in [-0.3, -0.25) is 4.79 Å². The number of carbonyl (C=O) groups excluding carboxylic acids is 3. The van der Waals surface area contributed by atoms with Gasteiger partial charge in [0.15, 0.2) is 11.5 Å². The van der Waals surface area contributed by atoms with Crippen LogP contribution < -0.4 is 15.2 Å². The van der Waals surface area contributed by atoms with E-state index in [1.807, 2.05) is 20.8 Å². The maximum absolute atomic E-state index is 12.6. The van der Waals surface area contributed by atoms with Gasteiger partial charge in [0, 0.05) is 5.92 Å². The highest BCUT2D eigenvalue weighted by molar-refractivity contribution is 5.75. The highest BCUT2D eigenvalue weighted by Crippen LogP contribution is 2.36. The van der Waals surface area contributed by atoms with Crippen molar-refractivity contribution in [3.63, 3.8) is 0 Å². The second kappa shape index (κ2) is 19.6. The number of benzene rings is 1. The highest BCUT2D eigenvalue weighted by Gasteiger charge is 2.33. The highest BCUT2D eigenvalue weighted by atomic mass is 16.8. The average molecular weight is 598 g/mol. The number of aliphatic carboxylic acids is 1. The first-order chi connectivity index (χ1) is 19.9. The maximum atomic E-state index is 12.6. The van der Waals surface area contributed by atoms with E-state index in [0.29, 0.717) is 24.8 Å². The third-order valence-corrected chi connectivity index (χ3v) is 6.44. The summed E-state index contributed by atoms with van der Waals surface area (Å²) in [6.07, 6.45) is 1.65. The Bertz CT molecular complexity index is 999. The summed E-state index contributed by atoms with van der Waals surface area (Å²) in [6.45, 7) is 11.0. The molecular weight excluding hydrogens is 550 g/mol. The molecular formula is C30H47NO11. The molecule has 1 aromatic carbocycles. The molecule has 0 amide bonds. The lowest BCUT2D eigenvalue weighted by molar-refractivity contribution is -0.139. The van der Waals surface area contributed by atoms with Gasteiger partial charge in [-0.05, 0) is 56.7 Å². The Morgan fingerprint density at radius 3 is 1.88 bits per heavy atom. The summed E-state index contributed by atoms with van der Waals surface area (Å²) in [6, 6.07) is 2.76. The van der Waals surface area contributed by atoms with Crippen molar-refractivity contribution in [2.24, 2.45) is 11.7 Å². The van der Waals surface area contributed by atoms with Crippen LogP contribution in [-0.4, -0.2) is 61.0 Å². The second-order valence-corrected chi connectivity index (χ2v) is 10.3. The monoisotopic (exact) mass is 597 g/mol. The van der Waals surface area contributed by atoms with Crippen LogP contribution in [0.3, 0.4) is 0 Å². The molecule has 42 heavy (non-hydrogen) atoms. The van der Waals surface area contributed by atoms with E-state index in [1.165, 1.54) is 18.2 Å². The van der Waals surface area contributed by atoms with Crippen LogP contribution in [0.15, 0.2) is 18.2 Å². The Morgan fingerprint density at radius 1 is 0.786 bits per heavy atom. The van der Waals surface area contributed by atoms with Crippen LogP contribution >= 0.6 is 0 Å². The van der Waals surface area contributed by atoms with E-state index in [0.717, 1.165) is 25.7 Å². The number of hydrogen-bond acceptors (Lipinski definition) is 11. The fraction of sp³-hybridized carbons (Fsp3) is 0.667. The van der Waals surface area contributed by atoms with Gasteiger partial charge in [-0.2, -0.15) is 0 Å². The predicted octanol–water partition coefficient (Wildman–Crippen LogP) is 6.57. The summed E-state index contributed by atoms with van der Waals surface area (Å²) in [5.41, 5.74) is 6.39. The molecule has 0 spiro atoms. The number of rotatable bonds is 18. The Kier molecular flexibility index (Phi) is 17.0. The molecule has 0 bridgehead atoms. The zero-order valence-electron chi connectivity index (χ0n) is 25.6. The normalized spacial score (nSPS) is 14.5. The van der Waals surface area contributed by atoms with Crippen LogP contribution in [0.4, 0.5) is 14.4 Å². The quantitative estimate of drug-likeness (QED) is 0.0808. The van der Waals surface area contributed by atoms with Gasteiger partial charge in [-0.25, -0.2) is 14.4 Å². The third kappa shape index (κ3) is 13.4. The van der Waals surface area contributed by atoms with E-state index in [-0.39, 0.29) is 24.7 Å². The van der Waals surface area contributed by atoms with Crippen molar-refractivity contribution in [1.29, 1.82) is 0 Å². The summed E-state index contributed by atoms with van der Waals surface area (Å²) in [7, 11) is 0. The number of ether oxygens (including phenoxy) is 6. The summed E-state index contributed by atoms with van der Waals surface area (Å²) >= 11 is 0. The minimum Gasteiger partial charge on any atom is -0.480 e. The molecule has 0 saturated heterocycles. The number of carboxylic acids is 1. The molecule has 1 aromatic rings. The third-order valence-electron chi connectivity index (χ3n) is 6.44. The van der Waals surface area contributed by atoms with Crippen LogP contribution in [0.25, 0.3) is 0 Å². The van der Waals surface area contributed by atoms with E-state index in [4.69, 9.17) is 34.2 Å². The molecule has 0 aliphatic rings. The standard InChI is InChI=1S/C30H47NO11/c1-7-10-11-16-37-28(34)38-18-19(4)25(26(31)27(32)33)22-14-15-23(41-29(35)39-20(5)12-8-2)24(17-22)42-30(36)40-21(6)13-9-3/h14-15,17,19-21,25-26H,7-13,16,18,31H2,1-6H3,(H,32,33)/t19?,20?,21?,25?,26-/m0/s1. The van der Waals surface area contributed by atoms with Gasteiger partial charge in [-0.15, -0.1) is 0 Å². The lowest BCUT2D eigenvalue weighted by Crippen LogP contribution is -2.40. The van der Waals surface area contributed by atoms with Gasteiger partial charge >= 0.3 is 24.4 Å². The molecule has 12 nitrogen and oxygen atoms in total. The van der Waals surface area contributed by atoms with Crippen LogP contribution in [-0.2, 0) is 23.7 Å². The molecule has 0 heterocycles. The first-order valence-corrected chi connectivity index (χ1v) is 14.6. The smallest absolute Gasteiger partial charge is 0.480 e. The first kappa shape index (κ1) is 36.5. The van der Waals surface area contributed by atoms with E-state index in [1.54, 1.807) is 20.8 Å². The average Bonchev–Trinajstić information content (AvgIpc) is 2.91. The summed E-state index contributed by atoms with van der Waals surface area (Å²) in [5, 5.41) is 9.72. The van der Waals surface area contributed by atoms with E-state index in [2.05, 4.69) is 0 Å². The molecule has 3 N–H and O–H groups in total. The zero-order valence-corrected chi connectivity index (χ0v) is 25.6.